The third-order valence-electron chi connectivity index (χ3n) is 2.90. The average Bonchev–Trinajstić information content (AvgIpc) is 2.53. The molecule has 2 saturated heterocycles. The number of ether oxygens (including phenoxy) is 1. The van der Waals surface area contributed by atoms with Crippen LogP contribution >= 0.6 is 0 Å². The predicted octanol–water partition coefficient (Wildman–Crippen LogP) is 1.04. The summed E-state index contributed by atoms with van der Waals surface area (Å²) in [5, 5.41) is 0. The number of carbonyl (C=O) groups is 1. The molecule has 2 heterocycles. The highest BCUT2D eigenvalue weighted by Crippen LogP contribution is 2.17. The van der Waals surface area contributed by atoms with Crippen molar-refractivity contribution in [2.24, 2.45) is 5.92 Å². The Kier molecular flexibility index (Phi) is 2.83. The normalized spacial score (nSPS) is 30.5. The van der Waals surface area contributed by atoms with Gasteiger partial charge >= 0.3 is 5.97 Å². The standard InChI is InChI=1S/C10H17NO2/c12-10-6-9(8-13-10)7-11-4-2-1-3-5-11/h9H,1-8H2. The molecule has 0 N–H and O–H groups in total. The Morgan fingerprint density at radius 3 is 2.69 bits per heavy atom. The van der Waals surface area contributed by atoms with Gasteiger partial charge in [-0.3, -0.25) is 4.79 Å². The summed E-state index contributed by atoms with van der Waals surface area (Å²) in [6.45, 7) is 4.14. The molecule has 0 aromatic rings. The van der Waals surface area contributed by atoms with Crippen molar-refractivity contribution in [3.8, 4) is 0 Å². The van der Waals surface area contributed by atoms with Crippen LogP contribution < -0.4 is 0 Å². The van der Waals surface area contributed by atoms with E-state index in [1.807, 2.05) is 0 Å². The van der Waals surface area contributed by atoms with Gasteiger partial charge in [0.1, 0.15) is 0 Å². The molecule has 0 spiro atoms. The molecule has 0 aliphatic carbocycles. The summed E-state index contributed by atoms with van der Waals surface area (Å²) in [7, 11) is 0. The highest BCUT2D eigenvalue weighted by atomic mass is 16.5. The molecular weight excluding hydrogens is 166 g/mol. The van der Waals surface area contributed by atoms with Crippen LogP contribution in [-0.2, 0) is 9.53 Å². The van der Waals surface area contributed by atoms with Crippen LogP contribution in [0.3, 0.4) is 0 Å². The maximum absolute atomic E-state index is 10.9. The fraction of sp³-hybridized carbons (Fsp3) is 0.900. The minimum Gasteiger partial charge on any atom is -0.465 e. The molecule has 2 rings (SSSR count). The van der Waals surface area contributed by atoms with Crippen LogP contribution in [0.5, 0.6) is 0 Å². The van der Waals surface area contributed by atoms with E-state index in [1.54, 1.807) is 0 Å². The molecule has 3 nitrogen and oxygen atoms in total. The second-order valence-corrected chi connectivity index (χ2v) is 4.11. The van der Waals surface area contributed by atoms with Crippen molar-refractivity contribution < 1.29 is 9.53 Å². The zero-order valence-corrected chi connectivity index (χ0v) is 8.00. The molecule has 1 atom stereocenters. The van der Waals surface area contributed by atoms with Crippen LogP contribution in [0.25, 0.3) is 0 Å². The maximum Gasteiger partial charge on any atom is 0.306 e. The summed E-state index contributed by atoms with van der Waals surface area (Å²) in [6, 6.07) is 0. The second-order valence-electron chi connectivity index (χ2n) is 4.11. The fourth-order valence-electron chi connectivity index (χ4n) is 2.19. The number of esters is 1. The Labute approximate surface area is 79.0 Å². The Morgan fingerprint density at radius 1 is 1.31 bits per heavy atom. The third-order valence-corrected chi connectivity index (χ3v) is 2.90. The van der Waals surface area contributed by atoms with Crippen molar-refractivity contribution >= 4 is 5.97 Å². The number of cyclic esters (lactones) is 1. The third kappa shape index (κ3) is 2.44. The van der Waals surface area contributed by atoms with Crippen LogP contribution in [0, 0.1) is 5.92 Å². The molecular formula is C10H17NO2. The van der Waals surface area contributed by atoms with Crippen molar-refractivity contribution in [1.82, 2.24) is 4.90 Å². The van der Waals surface area contributed by atoms with Crippen LogP contribution in [-0.4, -0.2) is 37.1 Å². The zero-order chi connectivity index (χ0) is 9.10. The lowest BCUT2D eigenvalue weighted by atomic mass is 10.1. The summed E-state index contributed by atoms with van der Waals surface area (Å²) in [6.07, 6.45) is 4.65. The lowest BCUT2D eigenvalue weighted by molar-refractivity contribution is -0.137. The van der Waals surface area contributed by atoms with E-state index in [4.69, 9.17) is 4.74 Å². The van der Waals surface area contributed by atoms with Gasteiger partial charge in [0.25, 0.3) is 0 Å². The molecule has 74 valence electrons. The van der Waals surface area contributed by atoms with Gasteiger partial charge < -0.3 is 9.64 Å². The van der Waals surface area contributed by atoms with E-state index in [0.717, 1.165) is 6.54 Å². The van der Waals surface area contributed by atoms with E-state index in [1.165, 1.54) is 32.4 Å². The summed E-state index contributed by atoms with van der Waals surface area (Å²) < 4.78 is 4.94. The van der Waals surface area contributed by atoms with Gasteiger partial charge in [-0.1, -0.05) is 6.42 Å². The first-order chi connectivity index (χ1) is 6.34. The second kappa shape index (κ2) is 4.09. The number of piperidine rings is 1. The smallest absolute Gasteiger partial charge is 0.306 e. The molecule has 2 aliphatic rings. The molecule has 1 unspecified atom stereocenters. The Hall–Kier alpha value is -0.570. The highest BCUT2D eigenvalue weighted by molar-refractivity contribution is 5.71. The van der Waals surface area contributed by atoms with E-state index in [0.29, 0.717) is 18.9 Å². The molecule has 13 heavy (non-hydrogen) atoms. The molecule has 0 aromatic heterocycles. The molecule has 0 bridgehead atoms. The largest absolute Gasteiger partial charge is 0.465 e. The number of nitrogens with zero attached hydrogens (tertiary/aromatic N) is 1. The van der Waals surface area contributed by atoms with E-state index >= 15 is 0 Å². The molecule has 3 heteroatoms. The minimum absolute atomic E-state index is 0.0120. The van der Waals surface area contributed by atoms with Gasteiger partial charge in [0.2, 0.25) is 0 Å². The minimum atomic E-state index is -0.0120. The monoisotopic (exact) mass is 183 g/mol. The van der Waals surface area contributed by atoms with Gasteiger partial charge in [0.05, 0.1) is 13.0 Å². The molecule has 0 saturated carbocycles. The van der Waals surface area contributed by atoms with Gasteiger partial charge in [-0.15, -0.1) is 0 Å². The van der Waals surface area contributed by atoms with Gasteiger partial charge in [-0.05, 0) is 25.9 Å². The van der Waals surface area contributed by atoms with E-state index in [-0.39, 0.29) is 5.97 Å². The number of likely N-dealkylation sites (tertiary alicyclic amines) is 1. The maximum atomic E-state index is 10.9. The van der Waals surface area contributed by atoms with E-state index in [2.05, 4.69) is 4.90 Å². The predicted molar refractivity (Wildman–Crippen MR) is 49.4 cm³/mol. The summed E-state index contributed by atoms with van der Waals surface area (Å²) in [5.74, 6) is 0.451. The summed E-state index contributed by atoms with van der Waals surface area (Å²) in [4.78, 5) is 13.3. The van der Waals surface area contributed by atoms with Crippen LogP contribution in [0.1, 0.15) is 25.7 Å². The summed E-state index contributed by atoms with van der Waals surface area (Å²) >= 11 is 0. The number of rotatable bonds is 2. The Morgan fingerprint density at radius 2 is 2.08 bits per heavy atom. The SMILES string of the molecule is O=C1CC(CN2CCCCC2)CO1. The van der Waals surface area contributed by atoms with Gasteiger partial charge in [-0.2, -0.15) is 0 Å². The lowest BCUT2D eigenvalue weighted by Crippen LogP contribution is -2.34. The summed E-state index contributed by atoms with van der Waals surface area (Å²) in [5.41, 5.74) is 0. The number of hydrogen-bond acceptors (Lipinski definition) is 3. The highest BCUT2D eigenvalue weighted by Gasteiger charge is 2.25. The zero-order valence-electron chi connectivity index (χ0n) is 8.00. The number of carbonyl (C=O) groups excluding carboxylic acids is 1. The van der Waals surface area contributed by atoms with Crippen molar-refractivity contribution in [1.29, 1.82) is 0 Å². The Balaban J connectivity index is 1.73. The molecule has 0 amide bonds. The van der Waals surface area contributed by atoms with Gasteiger partial charge in [-0.25, -0.2) is 0 Å². The molecule has 2 aliphatic heterocycles. The van der Waals surface area contributed by atoms with Crippen molar-refractivity contribution in [3.05, 3.63) is 0 Å². The first kappa shape index (κ1) is 9.00. The topological polar surface area (TPSA) is 29.5 Å². The first-order valence-electron chi connectivity index (χ1n) is 5.22. The first-order valence-corrected chi connectivity index (χ1v) is 5.22. The van der Waals surface area contributed by atoms with Crippen LogP contribution in [0.4, 0.5) is 0 Å². The fourth-order valence-corrected chi connectivity index (χ4v) is 2.19. The molecule has 2 fully saturated rings. The van der Waals surface area contributed by atoms with Crippen LogP contribution in [0.2, 0.25) is 0 Å². The quantitative estimate of drug-likeness (QED) is 0.599. The van der Waals surface area contributed by atoms with Gasteiger partial charge in [0.15, 0.2) is 0 Å². The van der Waals surface area contributed by atoms with Crippen molar-refractivity contribution in [3.63, 3.8) is 0 Å². The molecule has 0 aromatic carbocycles. The average molecular weight is 183 g/mol. The van der Waals surface area contributed by atoms with Crippen molar-refractivity contribution in [2.45, 2.75) is 25.7 Å². The number of hydrogen-bond donors (Lipinski definition) is 0. The molecule has 0 radical (unpaired) electrons. The lowest BCUT2D eigenvalue weighted by Gasteiger charge is -2.27. The van der Waals surface area contributed by atoms with E-state index in [9.17, 15) is 4.79 Å². The van der Waals surface area contributed by atoms with Crippen molar-refractivity contribution in [2.75, 3.05) is 26.2 Å². The van der Waals surface area contributed by atoms with Gasteiger partial charge in [0, 0.05) is 12.5 Å². The van der Waals surface area contributed by atoms with E-state index < -0.39 is 0 Å². The van der Waals surface area contributed by atoms with Crippen LogP contribution in [0.15, 0.2) is 0 Å². The Bertz CT molecular complexity index is 187.